The van der Waals surface area contributed by atoms with E-state index in [2.05, 4.69) is 29.9 Å². The summed E-state index contributed by atoms with van der Waals surface area (Å²) in [5.74, 6) is 1.13. The van der Waals surface area contributed by atoms with Crippen LogP contribution in [0.4, 0.5) is 5.82 Å². The van der Waals surface area contributed by atoms with Gasteiger partial charge in [-0.05, 0) is 25.6 Å². The Kier molecular flexibility index (Phi) is 2.79. The van der Waals surface area contributed by atoms with Gasteiger partial charge in [-0.2, -0.15) is 0 Å². The Morgan fingerprint density at radius 2 is 1.95 bits per heavy atom. The highest BCUT2D eigenvalue weighted by Gasteiger charge is 2.12. The number of imidazole rings is 1. The van der Waals surface area contributed by atoms with Gasteiger partial charge in [0, 0.05) is 5.56 Å². The monoisotopic (exact) mass is 273 g/mol. The molecule has 0 aliphatic heterocycles. The van der Waals surface area contributed by atoms with Crippen molar-refractivity contribution in [2.24, 2.45) is 0 Å². The highest BCUT2D eigenvalue weighted by Crippen LogP contribution is 2.31. The van der Waals surface area contributed by atoms with Crippen molar-refractivity contribution in [2.75, 3.05) is 5.73 Å². The van der Waals surface area contributed by atoms with E-state index in [1.165, 1.54) is 18.1 Å². The fourth-order valence-corrected chi connectivity index (χ4v) is 2.61. The van der Waals surface area contributed by atoms with Crippen molar-refractivity contribution in [1.29, 1.82) is 0 Å². The summed E-state index contributed by atoms with van der Waals surface area (Å²) in [7, 11) is 0. The number of nitrogens with two attached hydrogens (primary N) is 1. The van der Waals surface area contributed by atoms with E-state index in [0.717, 1.165) is 21.1 Å². The number of aryl methyl sites for hydroxylation is 1. The molecule has 0 saturated heterocycles. The first kappa shape index (κ1) is 11.8. The number of aromatic amines is 1. The number of fused-ring (bicyclic) bond motifs is 1. The maximum Gasteiger partial charge on any atom is 0.181 e. The number of H-pyrrole nitrogens is 1. The first-order valence-corrected chi connectivity index (χ1v) is 6.39. The molecule has 3 aromatic heterocycles. The Hall–Kier alpha value is -2.22. The van der Waals surface area contributed by atoms with Gasteiger partial charge in [0.05, 0.1) is 6.33 Å². The van der Waals surface area contributed by atoms with E-state index in [1.54, 1.807) is 6.33 Å². The van der Waals surface area contributed by atoms with Gasteiger partial charge in [0.25, 0.3) is 0 Å². The minimum absolute atomic E-state index is 0.491. The van der Waals surface area contributed by atoms with Crippen LogP contribution in [0.2, 0.25) is 0 Å². The first-order chi connectivity index (χ1) is 9.15. The summed E-state index contributed by atoms with van der Waals surface area (Å²) in [6.45, 7) is 3.70. The van der Waals surface area contributed by atoms with Crippen molar-refractivity contribution < 1.29 is 0 Å². The molecule has 0 fully saturated rings. The number of nitrogens with one attached hydrogen (secondary N) is 1. The van der Waals surface area contributed by atoms with E-state index in [4.69, 9.17) is 5.73 Å². The third-order valence-corrected chi connectivity index (χ3v) is 3.73. The molecule has 3 aromatic rings. The second-order valence-electron chi connectivity index (χ2n) is 3.97. The van der Waals surface area contributed by atoms with Crippen LogP contribution >= 0.6 is 11.8 Å². The molecule has 0 amide bonds. The SMILES string of the molecule is Cc1nc(N)c(C)c(Sc2ncnc3nc[nH]c23)n1. The molecular formula is C11H11N7S. The Balaban J connectivity index is 2.08. The molecule has 0 unspecified atom stereocenters. The lowest BCUT2D eigenvalue weighted by molar-refractivity contribution is 0.943. The van der Waals surface area contributed by atoms with Gasteiger partial charge < -0.3 is 10.7 Å². The first-order valence-electron chi connectivity index (χ1n) is 5.58. The Bertz CT molecular complexity index is 752. The number of rotatable bonds is 2. The zero-order valence-electron chi connectivity index (χ0n) is 10.4. The maximum atomic E-state index is 5.85. The maximum absolute atomic E-state index is 5.85. The molecule has 0 aliphatic rings. The molecule has 0 radical (unpaired) electrons. The predicted molar refractivity (Wildman–Crippen MR) is 71.7 cm³/mol. The highest BCUT2D eigenvalue weighted by atomic mass is 32.2. The molecular weight excluding hydrogens is 262 g/mol. The third-order valence-electron chi connectivity index (χ3n) is 2.63. The van der Waals surface area contributed by atoms with Crippen LogP contribution in [-0.2, 0) is 0 Å². The summed E-state index contributed by atoms with van der Waals surface area (Å²) >= 11 is 1.42. The second-order valence-corrected chi connectivity index (χ2v) is 4.95. The lowest BCUT2D eigenvalue weighted by Gasteiger charge is -2.07. The number of nitrogen functional groups attached to an aromatic ring is 1. The third kappa shape index (κ3) is 2.10. The lowest BCUT2D eigenvalue weighted by atomic mass is 10.3. The van der Waals surface area contributed by atoms with Gasteiger partial charge in [0.15, 0.2) is 5.65 Å². The summed E-state index contributed by atoms with van der Waals surface area (Å²) in [4.78, 5) is 24.0. The van der Waals surface area contributed by atoms with Crippen LogP contribution in [0, 0.1) is 13.8 Å². The van der Waals surface area contributed by atoms with Crippen LogP contribution in [0.5, 0.6) is 0 Å². The summed E-state index contributed by atoms with van der Waals surface area (Å²) < 4.78 is 0. The Labute approximate surface area is 113 Å². The van der Waals surface area contributed by atoms with Crippen LogP contribution < -0.4 is 5.73 Å². The second kappa shape index (κ2) is 4.47. The van der Waals surface area contributed by atoms with E-state index < -0.39 is 0 Å². The number of hydrogen-bond donors (Lipinski definition) is 2. The van der Waals surface area contributed by atoms with Crippen molar-refractivity contribution in [3.63, 3.8) is 0 Å². The summed E-state index contributed by atoms with van der Waals surface area (Å²) in [6.07, 6.45) is 3.08. The van der Waals surface area contributed by atoms with Gasteiger partial charge in [-0.15, -0.1) is 0 Å². The van der Waals surface area contributed by atoms with Crippen molar-refractivity contribution in [2.45, 2.75) is 23.9 Å². The van der Waals surface area contributed by atoms with Crippen molar-refractivity contribution in [1.82, 2.24) is 29.9 Å². The lowest BCUT2D eigenvalue weighted by Crippen LogP contribution is -2.01. The normalized spacial score (nSPS) is 11.1. The van der Waals surface area contributed by atoms with Gasteiger partial charge in [-0.3, -0.25) is 0 Å². The minimum atomic E-state index is 0.491. The van der Waals surface area contributed by atoms with E-state index >= 15 is 0 Å². The Morgan fingerprint density at radius 1 is 1.11 bits per heavy atom. The molecule has 0 aliphatic carbocycles. The van der Waals surface area contributed by atoms with Gasteiger partial charge in [-0.25, -0.2) is 24.9 Å². The smallest absolute Gasteiger partial charge is 0.181 e. The van der Waals surface area contributed by atoms with Crippen LogP contribution in [0.1, 0.15) is 11.4 Å². The molecule has 0 aromatic carbocycles. The number of anilines is 1. The van der Waals surface area contributed by atoms with Crippen LogP contribution in [-0.4, -0.2) is 29.9 Å². The zero-order chi connectivity index (χ0) is 13.4. The molecule has 3 heterocycles. The standard InChI is InChI=1S/C11H11N7S/c1-5-8(12)17-6(2)18-10(5)19-11-7-9(14-3-13-7)15-4-16-11/h3-4H,1-2H3,(H2,12,17,18)(H,13,14,15,16). The van der Waals surface area contributed by atoms with Crippen LogP contribution in [0.15, 0.2) is 22.7 Å². The zero-order valence-corrected chi connectivity index (χ0v) is 11.2. The van der Waals surface area contributed by atoms with E-state index in [-0.39, 0.29) is 0 Å². The van der Waals surface area contributed by atoms with Crippen molar-refractivity contribution in [3.8, 4) is 0 Å². The van der Waals surface area contributed by atoms with Gasteiger partial charge >= 0.3 is 0 Å². The molecule has 8 heteroatoms. The van der Waals surface area contributed by atoms with E-state index in [0.29, 0.717) is 17.3 Å². The average molecular weight is 273 g/mol. The Morgan fingerprint density at radius 3 is 2.79 bits per heavy atom. The van der Waals surface area contributed by atoms with Gasteiger partial charge in [-0.1, -0.05) is 0 Å². The number of hydrogen-bond acceptors (Lipinski definition) is 7. The minimum Gasteiger partial charge on any atom is -0.383 e. The number of aromatic nitrogens is 6. The molecule has 7 nitrogen and oxygen atoms in total. The highest BCUT2D eigenvalue weighted by molar-refractivity contribution is 7.99. The van der Waals surface area contributed by atoms with E-state index in [1.807, 2.05) is 13.8 Å². The molecule has 0 spiro atoms. The molecule has 96 valence electrons. The molecule has 0 bridgehead atoms. The fourth-order valence-electron chi connectivity index (χ4n) is 1.63. The van der Waals surface area contributed by atoms with E-state index in [9.17, 15) is 0 Å². The molecule has 3 N–H and O–H groups in total. The largest absolute Gasteiger partial charge is 0.383 e. The topological polar surface area (TPSA) is 106 Å². The quantitative estimate of drug-likeness (QED) is 0.681. The van der Waals surface area contributed by atoms with Crippen molar-refractivity contribution >= 4 is 28.7 Å². The summed E-state index contributed by atoms with van der Waals surface area (Å²) in [5, 5.41) is 1.56. The van der Waals surface area contributed by atoms with Gasteiger partial charge in [0.1, 0.15) is 33.5 Å². The molecule has 3 rings (SSSR count). The van der Waals surface area contributed by atoms with Gasteiger partial charge in [0.2, 0.25) is 0 Å². The molecule has 0 atom stereocenters. The van der Waals surface area contributed by atoms with Crippen LogP contribution in [0.3, 0.4) is 0 Å². The summed E-state index contributed by atoms with van der Waals surface area (Å²) in [5.41, 5.74) is 8.13. The number of nitrogens with zero attached hydrogens (tertiary/aromatic N) is 5. The van der Waals surface area contributed by atoms with Crippen LogP contribution in [0.25, 0.3) is 11.2 Å². The molecule has 0 saturated carbocycles. The predicted octanol–water partition coefficient (Wildman–Crippen LogP) is 1.49. The fraction of sp³-hybridized carbons (Fsp3) is 0.182. The molecule has 19 heavy (non-hydrogen) atoms. The van der Waals surface area contributed by atoms with Crippen molar-refractivity contribution in [3.05, 3.63) is 24.0 Å². The average Bonchev–Trinajstić information content (AvgIpc) is 2.84. The summed E-state index contributed by atoms with van der Waals surface area (Å²) in [6, 6.07) is 0.